The standard InChI is InChI=1S/C16H21N5O3/c1-10-15(11(2)24-19-10)16(22)21-8-7-12(9-21)23-14-6-5-13(17-18-14)20(3)4/h5-6,12H,7-9H2,1-4H3/t12-/m0/s1. The number of amides is 1. The van der Waals surface area contributed by atoms with Crippen LogP contribution >= 0.6 is 0 Å². The van der Waals surface area contributed by atoms with Gasteiger partial charge in [-0.15, -0.1) is 10.2 Å². The summed E-state index contributed by atoms with van der Waals surface area (Å²) in [4.78, 5) is 16.2. The fourth-order valence-electron chi connectivity index (χ4n) is 2.74. The van der Waals surface area contributed by atoms with Gasteiger partial charge in [0.05, 0.1) is 12.2 Å². The lowest BCUT2D eigenvalue weighted by molar-refractivity contribution is 0.0768. The Balaban J connectivity index is 1.62. The molecule has 1 fully saturated rings. The van der Waals surface area contributed by atoms with Crippen LogP contribution in [0.15, 0.2) is 16.7 Å². The van der Waals surface area contributed by atoms with Gasteiger partial charge >= 0.3 is 0 Å². The Morgan fingerprint density at radius 1 is 1.33 bits per heavy atom. The Bertz CT molecular complexity index is 706. The van der Waals surface area contributed by atoms with Crippen molar-refractivity contribution in [3.05, 3.63) is 29.2 Å². The van der Waals surface area contributed by atoms with Gasteiger partial charge in [-0.2, -0.15) is 0 Å². The lowest BCUT2D eigenvalue weighted by Gasteiger charge is -2.17. The van der Waals surface area contributed by atoms with E-state index in [2.05, 4.69) is 15.4 Å². The van der Waals surface area contributed by atoms with Crippen molar-refractivity contribution in [1.29, 1.82) is 0 Å². The van der Waals surface area contributed by atoms with Crippen LogP contribution in [0.4, 0.5) is 5.82 Å². The Morgan fingerprint density at radius 2 is 2.12 bits per heavy atom. The van der Waals surface area contributed by atoms with Crippen molar-refractivity contribution in [1.82, 2.24) is 20.3 Å². The number of hydrogen-bond acceptors (Lipinski definition) is 7. The Hall–Kier alpha value is -2.64. The maximum absolute atomic E-state index is 12.6. The molecule has 1 amide bonds. The molecule has 1 saturated heterocycles. The highest BCUT2D eigenvalue weighted by Crippen LogP contribution is 2.21. The highest BCUT2D eigenvalue weighted by molar-refractivity contribution is 5.96. The van der Waals surface area contributed by atoms with Crippen molar-refractivity contribution in [2.24, 2.45) is 0 Å². The average molecular weight is 331 g/mol. The minimum absolute atomic E-state index is 0.0635. The van der Waals surface area contributed by atoms with Gasteiger partial charge in [0.25, 0.3) is 5.91 Å². The van der Waals surface area contributed by atoms with Gasteiger partial charge in [-0.1, -0.05) is 5.16 Å². The highest BCUT2D eigenvalue weighted by Gasteiger charge is 2.31. The van der Waals surface area contributed by atoms with Crippen LogP contribution in [0, 0.1) is 13.8 Å². The molecule has 3 heterocycles. The third-order valence-corrected chi connectivity index (χ3v) is 4.05. The summed E-state index contributed by atoms with van der Waals surface area (Å²) in [6.07, 6.45) is 0.667. The average Bonchev–Trinajstić information content (AvgIpc) is 3.14. The van der Waals surface area contributed by atoms with Gasteiger partial charge in [0.1, 0.15) is 17.4 Å². The zero-order valence-corrected chi connectivity index (χ0v) is 14.3. The lowest BCUT2D eigenvalue weighted by Crippen LogP contribution is -2.31. The van der Waals surface area contributed by atoms with E-state index in [1.807, 2.05) is 25.1 Å². The normalized spacial score (nSPS) is 17.2. The van der Waals surface area contributed by atoms with Gasteiger partial charge in [0.2, 0.25) is 5.88 Å². The zero-order chi connectivity index (χ0) is 17.3. The Labute approximate surface area is 140 Å². The number of carbonyl (C=O) groups excluding carboxylic acids is 1. The van der Waals surface area contributed by atoms with Crippen LogP contribution in [0.3, 0.4) is 0 Å². The van der Waals surface area contributed by atoms with Gasteiger partial charge < -0.3 is 19.1 Å². The summed E-state index contributed by atoms with van der Waals surface area (Å²) in [6, 6.07) is 3.64. The number of rotatable bonds is 4. The van der Waals surface area contributed by atoms with Crippen LogP contribution in [0.1, 0.15) is 28.2 Å². The predicted molar refractivity (Wildman–Crippen MR) is 87.3 cm³/mol. The summed E-state index contributed by atoms with van der Waals surface area (Å²) in [5.41, 5.74) is 1.16. The topological polar surface area (TPSA) is 84.6 Å². The van der Waals surface area contributed by atoms with E-state index in [0.717, 1.165) is 12.2 Å². The summed E-state index contributed by atoms with van der Waals surface area (Å²) in [6.45, 7) is 4.67. The summed E-state index contributed by atoms with van der Waals surface area (Å²) < 4.78 is 10.9. The minimum atomic E-state index is -0.0890. The molecule has 0 N–H and O–H groups in total. The molecule has 1 atom stereocenters. The molecule has 8 nitrogen and oxygen atoms in total. The van der Waals surface area contributed by atoms with Crippen molar-refractivity contribution < 1.29 is 14.1 Å². The molecular weight excluding hydrogens is 310 g/mol. The molecule has 0 unspecified atom stereocenters. The molecule has 8 heteroatoms. The van der Waals surface area contributed by atoms with Gasteiger partial charge in [-0.25, -0.2) is 0 Å². The van der Waals surface area contributed by atoms with Gasteiger partial charge in [-0.05, 0) is 19.9 Å². The first kappa shape index (κ1) is 16.2. The molecule has 24 heavy (non-hydrogen) atoms. The second kappa shape index (κ2) is 6.46. The number of likely N-dealkylation sites (tertiary alicyclic amines) is 1. The van der Waals surface area contributed by atoms with E-state index in [1.165, 1.54) is 0 Å². The molecule has 2 aromatic rings. The Kier molecular flexibility index (Phi) is 4.37. The first-order valence-corrected chi connectivity index (χ1v) is 7.85. The van der Waals surface area contributed by atoms with Crippen LogP contribution in [0.25, 0.3) is 0 Å². The molecule has 0 aliphatic carbocycles. The fourth-order valence-corrected chi connectivity index (χ4v) is 2.74. The number of nitrogens with zero attached hydrogens (tertiary/aromatic N) is 5. The van der Waals surface area contributed by atoms with Crippen LogP contribution in [0.5, 0.6) is 5.88 Å². The Morgan fingerprint density at radius 3 is 2.71 bits per heavy atom. The summed E-state index contributed by atoms with van der Waals surface area (Å²) in [7, 11) is 3.80. The summed E-state index contributed by atoms with van der Waals surface area (Å²) in [5.74, 6) is 1.72. The van der Waals surface area contributed by atoms with Gasteiger partial charge in [0.15, 0.2) is 5.82 Å². The maximum Gasteiger partial charge on any atom is 0.259 e. The van der Waals surface area contributed by atoms with Crippen LogP contribution < -0.4 is 9.64 Å². The SMILES string of the molecule is Cc1noc(C)c1C(=O)N1CC[C@H](Oc2ccc(N(C)C)nn2)C1. The molecule has 1 aliphatic rings. The van der Waals surface area contributed by atoms with E-state index >= 15 is 0 Å². The quantitative estimate of drug-likeness (QED) is 0.838. The summed E-state index contributed by atoms with van der Waals surface area (Å²) in [5, 5.41) is 12.0. The molecule has 2 aromatic heterocycles. The maximum atomic E-state index is 12.6. The number of ether oxygens (including phenoxy) is 1. The predicted octanol–water partition coefficient (Wildman–Crippen LogP) is 1.44. The first-order chi connectivity index (χ1) is 11.5. The molecule has 0 radical (unpaired) electrons. The third kappa shape index (κ3) is 3.17. The van der Waals surface area contributed by atoms with E-state index in [9.17, 15) is 4.79 Å². The smallest absolute Gasteiger partial charge is 0.259 e. The van der Waals surface area contributed by atoms with Crippen molar-refractivity contribution in [3.8, 4) is 5.88 Å². The second-order valence-electron chi connectivity index (χ2n) is 6.10. The number of hydrogen-bond donors (Lipinski definition) is 0. The highest BCUT2D eigenvalue weighted by atomic mass is 16.5. The molecule has 1 aliphatic heterocycles. The zero-order valence-electron chi connectivity index (χ0n) is 14.3. The van der Waals surface area contributed by atoms with E-state index in [1.54, 1.807) is 24.8 Å². The van der Waals surface area contributed by atoms with Crippen LogP contribution in [-0.2, 0) is 0 Å². The van der Waals surface area contributed by atoms with E-state index in [-0.39, 0.29) is 12.0 Å². The third-order valence-electron chi connectivity index (χ3n) is 4.05. The number of anilines is 1. The monoisotopic (exact) mass is 331 g/mol. The molecule has 0 saturated carbocycles. The van der Waals surface area contributed by atoms with Crippen molar-refractivity contribution >= 4 is 11.7 Å². The molecule has 128 valence electrons. The fraction of sp³-hybridized carbons (Fsp3) is 0.500. The van der Waals surface area contributed by atoms with Gasteiger partial charge in [0, 0.05) is 33.1 Å². The second-order valence-corrected chi connectivity index (χ2v) is 6.10. The minimum Gasteiger partial charge on any atom is -0.471 e. The van der Waals surface area contributed by atoms with Crippen LogP contribution in [0.2, 0.25) is 0 Å². The van der Waals surface area contributed by atoms with E-state index < -0.39 is 0 Å². The largest absolute Gasteiger partial charge is 0.471 e. The van der Waals surface area contributed by atoms with E-state index in [0.29, 0.717) is 36.0 Å². The molecule has 0 spiro atoms. The first-order valence-electron chi connectivity index (χ1n) is 7.85. The van der Waals surface area contributed by atoms with Crippen molar-refractivity contribution in [3.63, 3.8) is 0 Å². The molecule has 0 aromatic carbocycles. The molecule has 3 rings (SSSR count). The van der Waals surface area contributed by atoms with Crippen LogP contribution in [-0.4, -0.2) is 59.4 Å². The number of carbonyl (C=O) groups is 1. The molecular formula is C16H21N5O3. The number of aryl methyl sites for hydroxylation is 2. The molecule has 0 bridgehead atoms. The van der Waals surface area contributed by atoms with E-state index in [4.69, 9.17) is 9.26 Å². The summed E-state index contributed by atoms with van der Waals surface area (Å²) >= 11 is 0. The lowest BCUT2D eigenvalue weighted by atomic mass is 10.2. The van der Waals surface area contributed by atoms with Crippen molar-refractivity contribution in [2.75, 3.05) is 32.1 Å². The van der Waals surface area contributed by atoms with Crippen molar-refractivity contribution in [2.45, 2.75) is 26.4 Å². The van der Waals surface area contributed by atoms with Gasteiger partial charge in [-0.3, -0.25) is 4.79 Å². The number of aromatic nitrogens is 3.